The van der Waals surface area contributed by atoms with Gasteiger partial charge in [0, 0.05) is 65.3 Å². The predicted octanol–water partition coefficient (Wildman–Crippen LogP) is 1.91. The Kier molecular flexibility index (Phi) is 8.76. The Morgan fingerprint density at radius 3 is 2.63 bits per heavy atom. The van der Waals surface area contributed by atoms with Crippen molar-refractivity contribution < 1.29 is 9.53 Å². The second kappa shape index (κ2) is 11.3. The number of hydrogen-bond donors (Lipinski definition) is 1. The number of carbonyl (C=O) groups is 1. The van der Waals surface area contributed by atoms with Gasteiger partial charge in [0.2, 0.25) is 5.91 Å². The summed E-state index contributed by atoms with van der Waals surface area (Å²) in [5.41, 5.74) is 2.45. The molecule has 0 aliphatic carbocycles. The third-order valence-corrected chi connectivity index (χ3v) is 6.32. The molecule has 1 aromatic carbocycles. The molecule has 4 rings (SSSR count). The van der Waals surface area contributed by atoms with Crippen molar-refractivity contribution in [1.29, 1.82) is 0 Å². The summed E-state index contributed by atoms with van der Waals surface area (Å²) in [6.45, 7) is 8.12. The quantitative estimate of drug-likeness (QED) is 0.360. The van der Waals surface area contributed by atoms with Gasteiger partial charge < -0.3 is 19.9 Å². The lowest BCUT2D eigenvalue weighted by molar-refractivity contribution is -0.128. The number of hydrogen-bond acceptors (Lipinski definition) is 4. The zero-order valence-corrected chi connectivity index (χ0v) is 20.2. The Balaban J connectivity index is 0.00000256. The zero-order chi connectivity index (χ0) is 20.1. The van der Waals surface area contributed by atoms with Gasteiger partial charge in [-0.15, -0.1) is 24.0 Å². The Labute approximate surface area is 196 Å². The lowest BCUT2D eigenvalue weighted by Crippen LogP contribution is -2.46. The number of ether oxygens (including phenoxy) is 1. The van der Waals surface area contributed by atoms with Crippen LogP contribution in [-0.2, 0) is 22.6 Å². The molecular formula is C22H34IN5O2. The van der Waals surface area contributed by atoms with Crippen molar-refractivity contribution in [1.82, 2.24) is 20.0 Å². The lowest BCUT2D eigenvalue weighted by Gasteiger charge is -2.32. The van der Waals surface area contributed by atoms with Crippen molar-refractivity contribution in [2.24, 2.45) is 4.99 Å². The Morgan fingerprint density at radius 1 is 1.17 bits per heavy atom. The molecule has 3 aliphatic heterocycles. The molecule has 0 bridgehead atoms. The van der Waals surface area contributed by atoms with Gasteiger partial charge in [0.1, 0.15) is 0 Å². The van der Waals surface area contributed by atoms with E-state index in [2.05, 4.69) is 44.4 Å². The molecule has 7 nitrogen and oxygen atoms in total. The summed E-state index contributed by atoms with van der Waals surface area (Å²) in [6, 6.07) is 9.00. The van der Waals surface area contributed by atoms with Crippen molar-refractivity contribution >= 4 is 35.8 Å². The molecule has 0 spiro atoms. The first kappa shape index (κ1) is 23.3. The zero-order valence-electron chi connectivity index (χ0n) is 17.9. The highest BCUT2D eigenvalue weighted by Gasteiger charge is 2.30. The van der Waals surface area contributed by atoms with Crippen LogP contribution in [0, 0.1) is 0 Å². The largest absolute Gasteiger partial charge is 0.379 e. The highest BCUT2D eigenvalue weighted by Crippen LogP contribution is 2.19. The van der Waals surface area contributed by atoms with Gasteiger partial charge in [-0.1, -0.05) is 24.3 Å². The monoisotopic (exact) mass is 527 g/mol. The van der Waals surface area contributed by atoms with Crippen LogP contribution in [0.15, 0.2) is 29.3 Å². The highest BCUT2D eigenvalue weighted by atomic mass is 127. The van der Waals surface area contributed by atoms with Crippen molar-refractivity contribution in [3.63, 3.8) is 0 Å². The maximum Gasteiger partial charge on any atom is 0.222 e. The van der Waals surface area contributed by atoms with Crippen LogP contribution in [0.3, 0.4) is 0 Å². The van der Waals surface area contributed by atoms with Gasteiger partial charge in [-0.05, 0) is 24.0 Å². The summed E-state index contributed by atoms with van der Waals surface area (Å²) >= 11 is 0. The van der Waals surface area contributed by atoms with Gasteiger partial charge in [0.15, 0.2) is 5.96 Å². The molecule has 3 heterocycles. The number of halogens is 1. The third-order valence-electron chi connectivity index (χ3n) is 6.32. The van der Waals surface area contributed by atoms with Crippen molar-refractivity contribution in [2.45, 2.75) is 38.4 Å². The molecule has 1 atom stereocenters. The van der Waals surface area contributed by atoms with E-state index in [-0.39, 0.29) is 29.9 Å². The molecule has 1 amide bonds. The average molecular weight is 527 g/mol. The SMILES string of the molecule is CN=C(NCc1ccccc1CN1CCCC1=O)N1CCC(N2CCOCC2)C1.I. The van der Waals surface area contributed by atoms with E-state index >= 15 is 0 Å². The number of benzene rings is 1. The van der Waals surface area contributed by atoms with Crippen LogP contribution >= 0.6 is 24.0 Å². The number of carbonyl (C=O) groups excluding carboxylic acids is 1. The maximum absolute atomic E-state index is 12.0. The number of amides is 1. The molecule has 30 heavy (non-hydrogen) atoms. The van der Waals surface area contributed by atoms with Crippen LogP contribution in [0.1, 0.15) is 30.4 Å². The fourth-order valence-corrected chi connectivity index (χ4v) is 4.64. The smallest absolute Gasteiger partial charge is 0.222 e. The minimum Gasteiger partial charge on any atom is -0.379 e. The molecule has 0 aromatic heterocycles. The second-order valence-electron chi connectivity index (χ2n) is 8.13. The number of rotatable bonds is 5. The first-order valence-electron chi connectivity index (χ1n) is 10.9. The minimum absolute atomic E-state index is 0. The molecule has 0 saturated carbocycles. The van der Waals surface area contributed by atoms with Crippen molar-refractivity contribution in [3.8, 4) is 0 Å². The molecule has 1 N–H and O–H groups in total. The molecule has 0 radical (unpaired) electrons. The van der Waals surface area contributed by atoms with E-state index in [0.29, 0.717) is 19.0 Å². The molecule has 1 unspecified atom stereocenters. The van der Waals surface area contributed by atoms with E-state index < -0.39 is 0 Å². The number of nitrogens with zero attached hydrogens (tertiary/aromatic N) is 4. The number of morpholine rings is 1. The van der Waals surface area contributed by atoms with Crippen LogP contribution in [0.2, 0.25) is 0 Å². The Morgan fingerprint density at radius 2 is 1.93 bits per heavy atom. The molecule has 1 aromatic rings. The summed E-state index contributed by atoms with van der Waals surface area (Å²) in [5.74, 6) is 1.24. The van der Waals surface area contributed by atoms with Crippen molar-refractivity contribution in [2.75, 3.05) is 53.0 Å². The summed E-state index contributed by atoms with van der Waals surface area (Å²) in [4.78, 5) is 23.4. The summed E-state index contributed by atoms with van der Waals surface area (Å²) in [5, 5.41) is 3.56. The van der Waals surface area contributed by atoms with Crippen LogP contribution in [0.5, 0.6) is 0 Å². The van der Waals surface area contributed by atoms with E-state index in [1.54, 1.807) is 0 Å². The van der Waals surface area contributed by atoms with E-state index in [0.717, 1.165) is 64.9 Å². The normalized spacial score (nSPS) is 23.0. The number of aliphatic imine (C=N–C) groups is 1. The Hall–Kier alpha value is -1.39. The minimum atomic E-state index is 0. The lowest BCUT2D eigenvalue weighted by atomic mass is 10.1. The molecule has 3 fully saturated rings. The van der Waals surface area contributed by atoms with Crippen LogP contribution in [0.4, 0.5) is 0 Å². The van der Waals surface area contributed by atoms with Crippen LogP contribution in [-0.4, -0.2) is 85.6 Å². The third kappa shape index (κ3) is 5.64. The maximum atomic E-state index is 12.0. The number of guanidine groups is 1. The van der Waals surface area contributed by atoms with Crippen LogP contribution in [0.25, 0.3) is 0 Å². The molecule has 3 aliphatic rings. The summed E-state index contributed by atoms with van der Waals surface area (Å²) in [6.07, 6.45) is 2.84. The first-order chi connectivity index (χ1) is 14.2. The van der Waals surface area contributed by atoms with Crippen molar-refractivity contribution in [3.05, 3.63) is 35.4 Å². The number of likely N-dealkylation sites (tertiary alicyclic amines) is 2. The van der Waals surface area contributed by atoms with Gasteiger partial charge >= 0.3 is 0 Å². The fourth-order valence-electron chi connectivity index (χ4n) is 4.64. The topological polar surface area (TPSA) is 60.4 Å². The van der Waals surface area contributed by atoms with Gasteiger partial charge in [-0.2, -0.15) is 0 Å². The van der Waals surface area contributed by atoms with E-state index in [1.165, 1.54) is 17.5 Å². The molecule has 3 saturated heterocycles. The number of nitrogens with one attached hydrogen (secondary N) is 1. The van der Waals surface area contributed by atoms with E-state index in [9.17, 15) is 4.79 Å². The highest BCUT2D eigenvalue weighted by molar-refractivity contribution is 14.0. The summed E-state index contributed by atoms with van der Waals surface area (Å²) in [7, 11) is 1.86. The molecule has 166 valence electrons. The average Bonchev–Trinajstić information content (AvgIpc) is 3.40. The van der Waals surface area contributed by atoms with Gasteiger partial charge in [-0.3, -0.25) is 14.7 Å². The van der Waals surface area contributed by atoms with Crippen LogP contribution < -0.4 is 5.32 Å². The van der Waals surface area contributed by atoms with Gasteiger partial charge in [0.05, 0.1) is 13.2 Å². The van der Waals surface area contributed by atoms with Gasteiger partial charge in [0.25, 0.3) is 0 Å². The first-order valence-corrected chi connectivity index (χ1v) is 10.9. The molecule has 8 heteroatoms. The van der Waals surface area contributed by atoms with E-state index in [1.807, 2.05) is 11.9 Å². The Bertz CT molecular complexity index is 738. The van der Waals surface area contributed by atoms with E-state index in [4.69, 9.17) is 4.74 Å². The fraction of sp³-hybridized carbons (Fsp3) is 0.636. The second-order valence-corrected chi connectivity index (χ2v) is 8.13. The molecular weight excluding hydrogens is 493 g/mol. The van der Waals surface area contributed by atoms with Gasteiger partial charge in [-0.25, -0.2) is 0 Å². The predicted molar refractivity (Wildman–Crippen MR) is 129 cm³/mol. The summed E-state index contributed by atoms with van der Waals surface area (Å²) < 4.78 is 5.49. The standard InChI is InChI=1S/C22H33N5O2.HI/c1-23-22(27-10-8-20(17-27)25-11-13-29-14-12-25)24-15-18-5-2-3-6-19(18)16-26-9-4-7-21(26)28;/h2-3,5-6,20H,4,7-17H2,1H3,(H,23,24);1H.